The Labute approximate surface area is 128 Å². The smallest absolute Gasteiger partial charge is 0.193 e. The second-order valence-corrected chi connectivity index (χ2v) is 5.92. The van der Waals surface area contributed by atoms with Crippen LogP contribution in [-0.4, -0.2) is 40.8 Å². The number of aliphatic imine (C=N–C) groups is 1. The second kappa shape index (κ2) is 7.48. The average molecular weight is 291 g/mol. The van der Waals surface area contributed by atoms with Crippen molar-refractivity contribution in [2.24, 2.45) is 23.9 Å². The number of hydrogen-bond acceptors (Lipinski definition) is 2. The van der Waals surface area contributed by atoms with Crippen molar-refractivity contribution < 1.29 is 0 Å². The van der Waals surface area contributed by atoms with E-state index in [9.17, 15) is 0 Å². The van der Waals surface area contributed by atoms with E-state index in [4.69, 9.17) is 0 Å². The summed E-state index contributed by atoms with van der Waals surface area (Å²) in [5.41, 5.74) is 1.17. The molecule has 1 unspecified atom stereocenters. The summed E-state index contributed by atoms with van der Waals surface area (Å²) in [5, 5.41) is 7.66. The van der Waals surface area contributed by atoms with Gasteiger partial charge in [0.15, 0.2) is 5.96 Å². The van der Waals surface area contributed by atoms with E-state index in [1.165, 1.54) is 25.0 Å². The van der Waals surface area contributed by atoms with Crippen molar-refractivity contribution in [3.63, 3.8) is 0 Å². The van der Waals surface area contributed by atoms with Gasteiger partial charge in [0.25, 0.3) is 0 Å². The number of nitrogens with one attached hydrogen (secondary N) is 1. The molecule has 1 aromatic heterocycles. The summed E-state index contributed by atoms with van der Waals surface area (Å²) in [6, 6.07) is 2.04. The number of nitrogens with zero attached hydrogens (tertiary/aromatic N) is 4. The predicted octanol–water partition coefficient (Wildman–Crippen LogP) is 2.25. The topological polar surface area (TPSA) is 45.4 Å². The van der Waals surface area contributed by atoms with Crippen molar-refractivity contribution in [1.82, 2.24) is 20.0 Å². The Morgan fingerprint density at radius 2 is 2.24 bits per heavy atom. The average Bonchev–Trinajstić information content (AvgIpc) is 3.11. The molecule has 0 spiro atoms. The van der Waals surface area contributed by atoms with Gasteiger partial charge >= 0.3 is 0 Å². The van der Waals surface area contributed by atoms with Crippen LogP contribution in [0.2, 0.25) is 0 Å². The van der Waals surface area contributed by atoms with Gasteiger partial charge < -0.3 is 10.2 Å². The van der Waals surface area contributed by atoms with Crippen LogP contribution in [0.1, 0.15) is 38.8 Å². The van der Waals surface area contributed by atoms with Crippen molar-refractivity contribution in [3.8, 4) is 0 Å². The highest BCUT2D eigenvalue weighted by molar-refractivity contribution is 5.80. The summed E-state index contributed by atoms with van der Waals surface area (Å²) in [6.45, 7) is 7.65. The Morgan fingerprint density at radius 1 is 1.48 bits per heavy atom. The summed E-state index contributed by atoms with van der Waals surface area (Å²) < 4.78 is 1.90. The molecule has 0 amide bonds. The standard InChI is InChI=1S/C16H29N5/c1-5-13(6-2)14-8-10-21(12-14)16(17-3)18-11-15-7-9-19-20(15)4/h7,9,13-14H,5-6,8,10-12H2,1-4H3,(H,17,18). The van der Waals surface area contributed by atoms with Crippen LogP contribution in [0.5, 0.6) is 0 Å². The number of aryl methyl sites for hydroxylation is 1. The maximum absolute atomic E-state index is 4.45. The van der Waals surface area contributed by atoms with Gasteiger partial charge in [-0.2, -0.15) is 5.10 Å². The van der Waals surface area contributed by atoms with Crippen LogP contribution in [0, 0.1) is 11.8 Å². The number of rotatable bonds is 5. The number of aromatic nitrogens is 2. The first-order valence-electron chi connectivity index (χ1n) is 8.12. The summed E-state index contributed by atoms with van der Waals surface area (Å²) in [5.74, 6) is 2.69. The molecule has 1 aliphatic heterocycles. The second-order valence-electron chi connectivity index (χ2n) is 5.92. The fourth-order valence-corrected chi connectivity index (χ4v) is 3.40. The number of likely N-dealkylation sites (tertiary alicyclic amines) is 1. The normalized spacial score (nSPS) is 19.6. The zero-order valence-corrected chi connectivity index (χ0v) is 13.8. The zero-order valence-electron chi connectivity index (χ0n) is 13.8. The van der Waals surface area contributed by atoms with Crippen molar-refractivity contribution in [3.05, 3.63) is 18.0 Å². The van der Waals surface area contributed by atoms with Crippen molar-refractivity contribution in [2.75, 3.05) is 20.1 Å². The predicted molar refractivity (Wildman–Crippen MR) is 87.2 cm³/mol. The zero-order chi connectivity index (χ0) is 15.2. The fraction of sp³-hybridized carbons (Fsp3) is 0.750. The molecule has 1 aliphatic rings. The Morgan fingerprint density at radius 3 is 2.81 bits per heavy atom. The van der Waals surface area contributed by atoms with Gasteiger partial charge in [-0.1, -0.05) is 26.7 Å². The molecule has 2 rings (SSSR count). The Kier molecular flexibility index (Phi) is 5.65. The maximum Gasteiger partial charge on any atom is 0.193 e. The third-order valence-electron chi connectivity index (χ3n) is 4.80. The highest BCUT2D eigenvalue weighted by atomic mass is 15.3. The molecule has 2 heterocycles. The lowest BCUT2D eigenvalue weighted by Gasteiger charge is -2.24. The molecule has 1 fully saturated rings. The molecule has 1 N–H and O–H groups in total. The van der Waals surface area contributed by atoms with Gasteiger partial charge in [0.1, 0.15) is 0 Å². The van der Waals surface area contributed by atoms with E-state index in [0.29, 0.717) is 0 Å². The Hall–Kier alpha value is -1.52. The van der Waals surface area contributed by atoms with Crippen LogP contribution >= 0.6 is 0 Å². The minimum Gasteiger partial charge on any atom is -0.351 e. The van der Waals surface area contributed by atoms with E-state index in [-0.39, 0.29) is 0 Å². The van der Waals surface area contributed by atoms with Crippen LogP contribution in [0.15, 0.2) is 17.3 Å². The lowest BCUT2D eigenvalue weighted by atomic mass is 9.87. The molecule has 0 saturated carbocycles. The first-order chi connectivity index (χ1) is 10.2. The lowest BCUT2D eigenvalue weighted by molar-refractivity contribution is 0.319. The molecule has 0 radical (unpaired) electrons. The van der Waals surface area contributed by atoms with Crippen LogP contribution in [0.25, 0.3) is 0 Å². The third-order valence-corrected chi connectivity index (χ3v) is 4.80. The highest BCUT2D eigenvalue weighted by Crippen LogP contribution is 2.28. The Balaban J connectivity index is 1.89. The van der Waals surface area contributed by atoms with Crippen molar-refractivity contribution in [2.45, 2.75) is 39.7 Å². The van der Waals surface area contributed by atoms with E-state index in [2.05, 4.69) is 34.2 Å². The van der Waals surface area contributed by atoms with Gasteiger partial charge in [-0.3, -0.25) is 9.67 Å². The minimum absolute atomic E-state index is 0.773. The van der Waals surface area contributed by atoms with Crippen LogP contribution in [0.4, 0.5) is 0 Å². The molecule has 5 heteroatoms. The molecule has 21 heavy (non-hydrogen) atoms. The highest BCUT2D eigenvalue weighted by Gasteiger charge is 2.29. The van der Waals surface area contributed by atoms with Gasteiger partial charge in [-0.15, -0.1) is 0 Å². The van der Waals surface area contributed by atoms with E-state index in [0.717, 1.165) is 37.4 Å². The van der Waals surface area contributed by atoms with Crippen LogP contribution in [-0.2, 0) is 13.6 Å². The molecule has 118 valence electrons. The van der Waals surface area contributed by atoms with E-state index in [1.54, 1.807) is 0 Å². The van der Waals surface area contributed by atoms with Gasteiger partial charge in [-0.05, 0) is 24.3 Å². The van der Waals surface area contributed by atoms with Gasteiger partial charge in [-0.25, -0.2) is 0 Å². The molecule has 1 atom stereocenters. The molecule has 0 aromatic carbocycles. The van der Waals surface area contributed by atoms with Gasteiger partial charge in [0.05, 0.1) is 12.2 Å². The largest absolute Gasteiger partial charge is 0.351 e. The van der Waals surface area contributed by atoms with Gasteiger partial charge in [0, 0.05) is 33.4 Å². The Bertz CT molecular complexity index is 461. The quantitative estimate of drug-likeness (QED) is 0.668. The van der Waals surface area contributed by atoms with Crippen LogP contribution < -0.4 is 5.32 Å². The third kappa shape index (κ3) is 3.77. The maximum atomic E-state index is 4.45. The van der Waals surface area contributed by atoms with Gasteiger partial charge in [0.2, 0.25) is 0 Å². The summed E-state index contributed by atoms with van der Waals surface area (Å²) in [4.78, 5) is 6.85. The fourth-order valence-electron chi connectivity index (χ4n) is 3.40. The molecular weight excluding hydrogens is 262 g/mol. The molecule has 0 bridgehead atoms. The van der Waals surface area contributed by atoms with E-state index in [1.807, 2.05) is 31.0 Å². The first kappa shape index (κ1) is 15.9. The molecule has 1 aromatic rings. The summed E-state index contributed by atoms with van der Waals surface area (Å²) in [6.07, 6.45) is 5.70. The lowest BCUT2D eigenvalue weighted by Crippen LogP contribution is -2.40. The SMILES string of the molecule is CCC(CC)C1CCN(C(=NC)NCc2ccnn2C)C1. The monoisotopic (exact) mass is 291 g/mol. The molecule has 0 aliphatic carbocycles. The van der Waals surface area contributed by atoms with Crippen molar-refractivity contribution in [1.29, 1.82) is 0 Å². The van der Waals surface area contributed by atoms with E-state index < -0.39 is 0 Å². The molecular formula is C16H29N5. The number of guanidine groups is 1. The number of hydrogen-bond donors (Lipinski definition) is 1. The minimum atomic E-state index is 0.773. The summed E-state index contributed by atoms with van der Waals surface area (Å²) in [7, 11) is 3.84. The van der Waals surface area contributed by atoms with Crippen molar-refractivity contribution >= 4 is 5.96 Å². The van der Waals surface area contributed by atoms with Crippen LogP contribution in [0.3, 0.4) is 0 Å². The summed E-state index contributed by atoms with van der Waals surface area (Å²) >= 11 is 0. The van der Waals surface area contributed by atoms with E-state index >= 15 is 0 Å². The molecule has 1 saturated heterocycles. The molecule has 5 nitrogen and oxygen atoms in total. The first-order valence-corrected chi connectivity index (χ1v) is 8.12.